The predicted molar refractivity (Wildman–Crippen MR) is 126 cm³/mol. The average molecular weight is 440 g/mol. The van der Waals surface area contributed by atoms with Crippen LogP contribution < -0.4 is 10.1 Å². The van der Waals surface area contributed by atoms with Crippen molar-refractivity contribution >= 4 is 22.6 Å². The third-order valence-corrected chi connectivity index (χ3v) is 5.37. The zero-order valence-electron chi connectivity index (χ0n) is 18.0. The fraction of sp³-hybridized carbons (Fsp3) is 0.148. The van der Waals surface area contributed by atoms with Gasteiger partial charge in [-0.2, -0.15) is 0 Å². The number of carbonyl (C=O) groups is 2. The van der Waals surface area contributed by atoms with E-state index in [9.17, 15) is 14.7 Å². The molecule has 6 nitrogen and oxygen atoms in total. The van der Waals surface area contributed by atoms with Crippen molar-refractivity contribution in [3.8, 4) is 5.75 Å². The summed E-state index contributed by atoms with van der Waals surface area (Å²) in [6.45, 7) is 0.550. The molecule has 1 atom stereocenters. The molecule has 1 heterocycles. The highest BCUT2D eigenvalue weighted by Crippen LogP contribution is 2.22. The van der Waals surface area contributed by atoms with Crippen LogP contribution >= 0.6 is 0 Å². The Morgan fingerprint density at radius 2 is 1.61 bits per heavy atom. The van der Waals surface area contributed by atoms with Gasteiger partial charge >= 0.3 is 5.97 Å². The number of aromatic nitrogens is 1. The summed E-state index contributed by atoms with van der Waals surface area (Å²) in [5.41, 5.74) is 2.42. The molecule has 4 rings (SSSR count). The topological polar surface area (TPSA) is 88.5 Å². The van der Waals surface area contributed by atoms with Gasteiger partial charge < -0.3 is 15.2 Å². The van der Waals surface area contributed by atoms with Crippen LogP contribution in [0.15, 0.2) is 91.3 Å². The fourth-order valence-electron chi connectivity index (χ4n) is 3.58. The minimum Gasteiger partial charge on any atom is -0.493 e. The molecule has 0 radical (unpaired) electrons. The molecule has 0 saturated heterocycles. The molecule has 4 aromatic rings. The Hall–Kier alpha value is -4.19. The molecule has 2 N–H and O–H groups in total. The van der Waals surface area contributed by atoms with Crippen molar-refractivity contribution < 1.29 is 19.4 Å². The molecule has 33 heavy (non-hydrogen) atoms. The lowest BCUT2D eigenvalue weighted by molar-refractivity contribution is -0.139. The first-order chi connectivity index (χ1) is 16.1. The highest BCUT2D eigenvalue weighted by Gasteiger charge is 2.21. The minimum atomic E-state index is -1.07. The SMILES string of the molecule is O=C(N[C@@H](Cc1ccccc1)C(=O)O)c1ccc2cc(OCCc3ccncc3)ccc2c1. The van der Waals surface area contributed by atoms with Crippen LogP contribution in [0.1, 0.15) is 21.5 Å². The van der Waals surface area contributed by atoms with Crippen molar-refractivity contribution in [1.82, 2.24) is 10.3 Å². The molecule has 3 aromatic carbocycles. The number of amides is 1. The quantitative estimate of drug-likeness (QED) is 0.406. The second-order valence-electron chi connectivity index (χ2n) is 7.73. The number of rotatable bonds is 9. The van der Waals surface area contributed by atoms with E-state index in [1.165, 1.54) is 0 Å². The first-order valence-corrected chi connectivity index (χ1v) is 10.7. The van der Waals surface area contributed by atoms with Crippen molar-refractivity contribution in [1.29, 1.82) is 0 Å². The number of aliphatic carboxylic acids is 1. The largest absolute Gasteiger partial charge is 0.493 e. The summed E-state index contributed by atoms with van der Waals surface area (Å²) in [6, 6.07) is 23.1. The van der Waals surface area contributed by atoms with E-state index in [1.807, 2.05) is 66.7 Å². The van der Waals surface area contributed by atoms with Crippen molar-refractivity contribution in [2.24, 2.45) is 0 Å². The summed E-state index contributed by atoms with van der Waals surface area (Å²) >= 11 is 0. The second-order valence-corrected chi connectivity index (χ2v) is 7.73. The van der Waals surface area contributed by atoms with Crippen molar-refractivity contribution in [2.75, 3.05) is 6.61 Å². The van der Waals surface area contributed by atoms with Crippen LogP contribution in [-0.4, -0.2) is 34.6 Å². The van der Waals surface area contributed by atoms with Crippen LogP contribution in [0.3, 0.4) is 0 Å². The van der Waals surface area contributed by atoms with Crippen molar-refractivity contribution in [3.63, 3.8) is 0 Å². The van der Waals surface area contributed by atoms with Gasteiger partial charge in [-0.15, -0.1) is 0 Å². The number of fused-ring (bicyclic) bond motifs is 1. The average Bonchev–Trinajstić information content (AvgIpc) is 2.84. The summed E-state index contributed by atoms with van der Waals surface area (Å²) in [4.78, 5) is 28.4. The molecule has 0 unspecified atom stereocenters. The first kappa shape index (κ1) is 22.0. The maximum absolute atomic E-state index is 12.7. The maximum Gasteiger partial charge on any atom is 0.326 e. The standard InChI is InChI=1S/C27H24N2O4/c30-26(29-25(27(31)32)16-20-4-2-1-3-5-20)23-7-6-22-18-24(9-8-21(22)17-23)33-15-12-19-10-13-28-14-11-19/h1-11,13-14,17-18,25H,12,15-16H2,(H,29,30)(H,31,32)/t25-/m0/s1. The number of nitrogens with one attached hydrogen (secondary N) is 1. The molecule has 166 valence electrons. The summed E-state index contributed by atoms with van der Waals surface area (Å²) in [6.07, 6.45) is 4.53. The molecular formula is C27H24N2O4. The van der Waals surface area contributed by atoms with E-state index in [-0.39, 0.29) is 6.42 Å². The Labute approximate surface area is 191 Å². The van der Waals surface area contributed by atoms with Crippen LogP contribution in [0.2, 0.25) is 0 Å². The van der Waals surface area contributed by atoms with Crippen LogP contribution in [-0.2, 0) is 17.6 Å². The Kier molecular flexibility index (Phi) is 6.95. The molecule has 0 aliphatic heterocycles. The van der Waals surface area contributed by atoms with Gasteiger partial charge in [0.05, 0.1) is 6.61 Å². The number of hydrogen-bond donors (Lipinski definition) is 2. The fourth-order valence-corrected chi connectivity index (χ4v) is 3.58. The predicted octanol–water partition coefficient (Wildman–Crippen LogP) is 4.28. The molecule has 0 aliphatic carbocycles. The van der Waals surface area contributed by atoms with E-state index in [2.05, 4.69) is 10.3 Å². The van der Waals surface area contributed by atoms with Gasteiger partial charge in [0.25, 0.3) is 5.91 Å². The zero-order valence-corrected chi connectivity index (χ0v) is 18.0. The second kappa shape index (κ2) is 10.4. The van der Waals surface area contributed by atoms with Gasteiger partial charge in [-0.3, -0.25) is 9.78 Å². The molecule has 1 aromatic heterocycles. The van der Waals surface area contributed by atoms with Gasteiger partial charge in [0.2, 0.25) is 0 Å². The molecule has 1 amide bonds. The lowest BCUT2D eigenvalue weighted by atomic mass is 10.0. The summed E-state index contributed by atoms with van der Waals surface area (Å²) in [5, 5.41) is 14.0. The molecule has 0 fully saturated rings. The Bertz CT molecular complexity index is 1240. The summed E-state index contributed by atoms with van der Waals surface area (Å²) < 4.78 is 5.87. The van der Waals surface area contributed by atoms with Gasteiger partial charge in [0.15, 0.2) is 0 Å². The summed E-state index contributed by atoms with van der Waals surface area (Å²) in [5.74, 6) is -0.734. The van der Waals surface area contributed by atoms with E-state index in [4.69, 9.17) is 4.74 Å². The third kappa shape index (κ3) is 5.95. The third-order valence-electron chi connectivity index (χ3n) is 5.37. The number of ether oxygens (including phenoxy) is 1. The molecule has 0 saturated carbocycles. The minimum absolute atomic E-state index is 0.218. The lowest BCUT2D eigenvalue weighted by Crippen LogP contribution is -2.42. The molecule has 0 spiro atoms. The van der Waals surface area contributed by atoms with Gasteiger partial charge in [0.1, 0.15) is 11.8 Å². The Morgan fingerprint density at radius 1 is 0.879 bits per heavy atom. The van der Waals surface area contributed by atoms with Crippen molar-refractivity contribution in [3.05, 3.63) is 108 Å². The van der Waals surface area contributed by atoms with E-state index in [0.29, 0.717) is 12.2 Å². The van der Waals surface area contributed by atoms with Crippen LogP contribution in [0, 0.1) is 0 Å². The summed E-state index contributed by atoms with van der Waals surface area (Å²) in [7, 11) is 0. The number of pyridine rings is 1. The van der Waals surface area contributed by atoms with Crippen LogP contribution in [0.5, 0.6) is 5.75 Å². The highest BCUT2D eigenvalue weighted by atomic mass is 16.5. The molecule has 0 bridgehead atoms. The smallest absolute Gasteiger partial charge is 0.326 e. The van der Waals surface area contributed by atoms with E-state index in [0.717, 1.165) is 34.1 Å². The monoisotopic (exact) mass is 440 g/mol. The number of nitrogens with zero attached hydrogens (tertiary/aromatic N) is 1. The molecule has 6 heteroatoms. The number of carboxylic acid groups (broad SMARTS) is 1. The normalized spacial score (nSPS) is 11.6. The van der Waals surface area contributed by atoms with E-state index in [1.54, 1.807) is 24.5 Å². The van der Waals surface area contributed by atoms with Crippen LogP contribution in [0.25, 0.3) is 10.8 Å². The Balaban J connectivity index is 1.40. The van der Waals surface area contributed by atoms with Gasteiger partial charge in [0, 0.05) is 30.8 Å². The lowest BCUT2D eigenvalue weighted by Gasteiger charge is -2.15. The number of benzene rings is 3. The van der Waals surface area contributed by atoms with Gasteiger partial charge in [-0.25, -0.2) is 4.79 Å². The number of carboxylic acids is 1. The van der Waals surface area contributed by atoms with Gasteiger partial charge in [-0.1, -0.05) is 42.5 Å². The van der Waals surface area contributed by atoms with Crippen LogP contribution in [0.4, 0.5) is 0 Å². The maximum atomic E-state index is 12.7. The van der Waals surface area contributed by atoms with E-state index < -0.39 is 17.9 Å². The van der Waals surface area contributed by atoms with Crippen molar-refractivity contribution in [2.45, 2.75) is 18.9 Å². The Morgan fingerprint density at radius 3 is 2.36 bits per heavy atom. The first-order valence-electron chi connectivity index (χ1n) is 10.7. The van der Waals surface area contributed by atoms with E-state index >= 15 is 0 Å². The van der Waals surface area contributed by atoms with Gasteiger partial charge in [-0.05, 0) is 58.3 Å². The highest BCUT2D eigenvalue weighted by molar-refractivity contribution is 6.00. The number of carbonyl (C=O) groups excluding carboxylic acids is 1. The molecular weight excluding hydrogens is 416 g/mol. The number of hydrogen-bond acceptors (Lipinski definition) is 4. The molecule has 0 aliphatic rings. The zero-order chi connectivity index (χ0) is 23.0.